The first kappa shape index (κ1) is 12.2. The Balaban J connectivity index is 4.63. The summed E-state index contributed by atoms with van der Waals surface area (Å²) in [4.78, 5) is 0. The summed E-state index contributed by atoms with van der Waals surface area (Å²) in [5.41, 5.74) is 0. The minimum absolute atomic E-state index is 0.241. The molecule has 0 aromatic carbocycles. The molecule has 0 aliphatic heterocycles. The summed E-state index contributed by atoms with van der Waals surface area (Å²) >= 11 is 0. The van der Waals surface area contributed by atoms with Crippen LogP contribution in [0, 0.1) is 28.6 Å². The largest absolute Gasteiger partial charge is 0.197 e. The second-order valence-corrected chi connectivity index (χ2v) is 5.01. The zero-order chi connectivity index (χ0) is 10.5. The van der Waals surface area contributed by atoms with Crippen LogP contribution in [0.15, 0.2) is 0 Å². The SMILES string of the molecule is CCCC(C(C#N)C#N)S(C)(F)F. The van der Waals surface area contributed by atoms with Crippen LogP contribution in [-0.2, 0) is 0 Å². The fraction of sp³-hybridized carbons (Fsp3) is 0.750. The normalized spacial score (nSPS) is 14.7. The molecule has 2 nitrogen and oxygen atoms in total. The topological polar surface area (TPSA) is 47.6 Å². The lowest BCUT2D eigenvalue weighted by Gasteiger charge is -2.26. The molecule has 0 fully saturated rings. The maximum Gasteiger partial charge on any atom is 0.148 e. The van der Waals surface area contributed by atoms with Crippen molar-refractivity contribution in [3.63, 3.8) is 0 Å². The third-order valence-corrected chi connectivity index (χ3v) is 3.33. The number of hydrogen-bond donors (Lipinski definition) is 0. The molecule has 0 aliphatic rings. The van der Waals surface area contributed by atoms with Crippen LogP contribution in [0.25, 0.3) is 0 Å². The lowest BCUT2D eigenvalue weighted by molar-refractivity contribution is 0.609. The van der Waals surface area contributed by atoms with E-state index in [4.69, 9.17) is 10.5 Å². The highest BCUT2D eigenvalue weighted by Crippen LogP contribution is 2.56. The molecule has 0 radical (unpaired) electrons. The van der Waals surface area contributed by atoms with Gasteiger partial charge in [0, 0.05) is 6.26 Å². The Labute approximate surface area is 79.1 Å². The monoisotopic (exact) mass is 206 g/mol. The van der Waals surface area contributed by atoms with Crippen LogP contribution >= 0.6 is 10.8 Å². The quantitative estimate of drug-likeness (QED) is 0.709. The molecular weight excluding hydrogens is 194 g/mol. The van der Waals surface area contributed by atoms with Crippen molar-refractivity contribution in [1.29, 1.82) is 10.5 Å². The van der Waals surface area contributed by atoms with E-state index in [9.17, 15) is 7.77 Å². The Morgan fingerprint density at radius 1 is 1.31 bits per heavy atom. The molecule has 0 aliphatic carbocycles. The van der Waals surface area contributed by atoms with Crippen molar-refractivity contribution in [3.8, 4) is 12.1 Å². The number of rotatable bonds is 4. The molecule has 0 heterocycles. The van der Waals surface area contributed by atoms with Crippen molar-refractivity contribution >= 4 is 10.8 Å². The number of nitrogens with zero attached hydrogens (tertiary/aromatic N) is 2. The minimum atomic E-state index is -3.80. The molecule has 1 atom stereocenters. The lowest BCUT2D eigenvalue weighted by Crippen LogP contribution is -2.20. The molecule has 1 unspecified atom stereocenters. The van der Waals surface area contributed by atoms with E-state index in [1.54, 1.807) is 19.1 Å². The van der Waals surface area contributed by atoms with E-state index in [1.165, 1.54) is 0 Å². The Bertz CT molecular complexity index is 222. The molecule has 0 amide bonds. The number of nitriles is 2. The highest BCUT2D eigenvalue weighted by atomic mass is 32.3. The van der Waals surface area contributed by atoms with Gasteiger partial charge in [0.05, 0.1) is 28.2 Å². The molecule has 74 valence electrons. The van der Waals surface area contributed by atoms with Crippen LogP contribution in [0.5, 0.6) is 0 Å². The van der Waals surface area contributed by atoms with Crippen LogP contribution in [0.1, 0.15) is 19.8 Å². The summed E-state index contributed by atoms with van der Waals surface area (Å²) in [6.45, 7) is 1.77. The predicted octanol–water partition coefficient (Wildman–Crippen LogP) is 3.02. The Morgan fingerprint density at radius 3 is 2.00 bits per heavy atom. The highest BCUT2D eigenvalue weighted by molar-refractivity contribution is 8.25. The van der Waals surface area contributed by atoms with Crippen molar-refractivity contribution in [2.45, 2.75) is 25.0 Å². The number of hydrogen-bond acceptors (Lipinski definition) is 2. The Kier molecular flexibility index (Phi) is 4.72. The summed E-state index contributed by atoms with van der Waals surface area (Å²) in [6.07, 6.45) is 1.65. The first-order valence-corrected chi connectivity index (χ1v) is 5.83. The van der Waals surface area contributed by atoms with Gasteiger partial charge in [0.1, 0.15) is 5.92 Å². The third-order valence-electron chi connectivity index (χ3n) is 1.75. The van der Waals surface area contributed by atoms with Gasteiger partial charge in [-0.15, -0.1) is 0 Å². The number of halogens is 2. The van der Waals surface area contributed by atoms with Gasteiger partial charge >= 0.3 is 0 Å². The molecule has 0 saturated carbocycles. The fourth-order valence-electron chi connectivity index (χ4n) is 1.09. The molecule has 0 aromatic rings. The lowest BCUT2D eigenvalue weighted by atomic mass is 10.1. The van der Waals surface area contributed by atoms with E-state index < -0.39 is 22.0 Å². The van der Waals surface area contributed by atoms with E-state index in [-0.39, 0.29) is 6.42 Å². The molecule has 0 bridgehead atoms. The van der Waals surface area contributed by atoms with Gasteiger partial charge in [-0.3, -0.25) is 0 Å². The average Bonchev–Trinajstić information content (AvgIpc) is 2.03. The zero-order valence-corrected chi connectivity index (χ0v) is 8.44. The van der Waals surface area contributed by atoms with Gasteiger partial charge in [0.15, 0.2) is 0 Å². The molecule has 0 spiro atoms. The summed E-state index contributed by atoms with van der Waals surface area (Å²) in [5, 5.41) is 15.9. The smallest absolute Gasteiger partial charge is 0.148 e. The fourth-order valence-corrected chi connectivity index (χ4v) is 2.34. The summed E-state index contributed by atoms with van der Waals surface area (Å²) < 4.78 is 26.0. The summed E-state index contributed by atoms with van der Waals surface area (Å²) in [5.74, 6) is -1.17. The van der Waals surface area contributed by atoms with Crippen molar-refractivity contribution in [3.05, 3.63) is 0 Å². The van der Waals surface area contributed by atoms with Crippen molar-refractivity contribution in [2.24, 2.45) is 5.92 Å². The van der Waals surface area contributed by atoms with Gasteiger partial charge in [-0.2, -0.15) is 18.3 Å². The molecule has 0 saturated heterocycles. The van der Waals surface area contributed by atoms with E-state index in [0.29, 0.717) is 6.42 Å². The van der Waals surface area contributed by atoms with Gasteiger partial charge < -0.3 is 0 Å². The van der Waals surface area contributed by atoms with E-state index in [2.05, 4.69) is 0 Å². The molecule has 0 aromatic heterocycles. The molecule has 5 heteroatoms. The molecule has 0 rings (SSSR count). The van der Waals surface area contributed by atoms with E-state index in [0.717, 1.165) is 6.26 Å². The average molecular weight is 206 g/mol. The molecule has 13 heavy (non-hydrogen) atoms. The minimum Gasteiger partial charge on any atom is -0.197 e. The second kappa shape index (κ2) is 5.04. The van der Waals surface area contributed by atoms with Crippen LogP contribution in [0.3, 0.4) is 0 Å². The van der Waals surface area contributed by atoms with Gasteiger partial charge in [-0.25, -0.2) is 0 Å². The van der Waals surface area contributed by atoms with Crippen LogP contribution < -0.4 is 0 Å². The molecule has 0 N–H and O–H groups in total. The van der Waals surface area contributed by atoms with Crippen molar-refractivity contribution in [2.75, 3.05) is 6.26 Å². The van der Waals surface area contributed by atoms with Crippen LogP contribution in [0.4, 0.5) is 7.77 Å². The predicted molar refractivity (Wildman–Crippen MR) is 49.1 cm³/mol. The Hall–Kier alpha value is -0.810. The standard InChI is InChI=1S/C8H12F2N2S/c1-3-4-8(13(2,9)10)7(5-11)6-12/h7-8H,3-4H2,1-2H3. The van der Waals surface area contributed by atoms with Crippen LogP contribution in [0.2, 0.25) is 0 Å². The van der Waals surface area contributed by atoms with Gasteiger partial charge in [-0.05, 0) is 6.42 Å². The Morgan fingerprint density at radius 2 is 1.77 bits per heavy atom. The maximum atomic E-state index is 13.0. The van der Waals surface area contributed by atoms with Gasteiger partial charge in [-0.1, -0.05) is 13.3 Å². The van der Waals surface area contributed by atoms with Crippen molar-refractivity contribution in [1.82, 2.24) is 0 Å². The van der Waals surface area contributed by atoms with Gasteiger partial charge in [0.2, 0.25) is 0 Å². The second-order valence-electron chi connectivity index (χ2n) is 2.84. The van der Waals surface area contributed by atoms with E-state index in [1.807, 2.05) is 0 Å². The van der Waals surface area contributed by atoms with Crippen LogP contribution in [-0.4, -0.2) is 11.5 Å². The summed E-state index contributed by atoms with van der Waals surface area (Å²) in [7, 11) is -3.80. The zero-order valence-electron chi connectivity index (χ0n) is 7.63. The highest BCUT2D eigenvalue weighted by Gasteiger charge is 2.35. The van der Waals surface area contributed by atoms with Crippen molar-refractivity contribution < 1.29 is 7.77 Å². The van der Waals surface area contributed by atoms with E-state index >= 15 is 0 Å². The first-order chi connectivity index (χ1) is 5.97. The maximum absolute atomic E-state index is 13.0. The molecular formula is C8H12F2N2S. The first-order valence-electron chi connectivity index (χ1n) is 3.93. The van der Waals surface area contributed by atoms with Gasteiger partial charge in [0.25, 0.3) is 0 Å². The summed E-state index contributed by atoms with van der Waals surface area (Å²) in [6, 6.07) is 3.25. The third kappa shape index (κ3) is 3.61.